The molecular weight excluding hydrogens is 339 g/mol. The molecule has 102 valence electrons. The van der Waals surface area contributed by atoms with Gasteiger partial charge in [-0.1, -0.05) is 41.9 Å². The standard InChI is InChI=1S/C15H23IO2/c1-17-14-10-13(11-15(12-14)18-2)8-6-4-3-5-7-9-16/h10-12H,3-9H2,1-2H3. The maximum absolute atomic E-state index is 5.28. The SMILES string of the molecule is COc1cc(CCCCCCCI)cc(OC)c1. The molecule has 0 bridgehead atoms. The van der Waals surface area contributed by atoms with E-state index in [9.17, 15) is 0 Å². The molecular formula is C15H23IO2. The maximum atomic E-state index is 5.28. The van der Waals surface area contributed by atoms with Crippen LogP contribution in [0.2, 0.25) is 0 Å². The molecule has 1 aromatic carbocycles. The fourth-order valence-corrected chi connectivity index (χ4v) is 2.50. The van der Waals surface area contributed by atoms with Gasteiger partial charge in [0, 0.05) is 6.07 Å². The Balaban J connectivity index is 2.36. The highest BCUT2D eigenvalue weighted by Crippen LogP contribution is 2.23. The molecule has 0 heterocycles. The van der Waals surface area contributed by atoms with Crippen LogP contribution in [0, 0.1) is 0 Å². The molecule has 1 rings (SSSR count). The zero-order chi connectivity index (χ0) is 13.2. The van der Waals surface area contributed by atoms with E-state index in [1.165, 1.54) is 42.1 Å². The van der Waals surface area contributed by atoms with Gasteiger partial charge in [-0.3, -0.25) is 0 Å². The molecule has 0 fully saturated rings. The average Bonchev–Trinajstić information content (AvgIpc) is 2.42. The van der Waals surface area contributed by atoms with Gasteiger partial charge in [0.05, 0.1) is 14.2 Å². The summed E-state index contributed by atoms with van der Waals surface area (Å²) in [5.41, 5.74) is 1.31. The van der Waals surface area contributed by atoms with Gasteiger partial charge in [0.2, 0.25) is 0 Å². The Morgan fingerprint density at radius 1 is 0.833 bits per heavy atom. The number of methoxy groups -OCH3 is 2. The van der Waals surface area contributed by atoms with Gasteiger partial charge < -0.3 is 9.47 Å². The maximum Gasteiger partial charge on any atom is 0.122 e. The third-order valence-corrected chi connectivity index (χ3v) is 3.77. The second kappa shape index (κ2) is 9.48. The van der Waals surface area contributed by atoms with Crippen molar-refractivity contribution in [2.75, 3.05) is 18.6 Å². The Bertz CT molecular complexity index is 317. The molecule has 0 spiro atoms. The second-order valence-electron chi connectivity index (χ2n) is 4.43. The number of ether oxygens (including phenoxy) is 2. The van der Waals surface area contributed by atoms with E-state index in [0.717, 1.165) is 17.9 Å². The van der Waals surface area contributed by atoms with Crippen LogP contribution >= 0.6 is 22.6 Å². The first kappa shape index (κ1) is 15.6. The summed E-state index contributed by atoms with van der Waals surface area (Å²) in [5, 5.41) is 0. The van der Waals surface area contributed by atoms with Crippen molar-refractivity contribution in [2.45, 2.75) is 38.5 Å². The molecule has 0 saturated heterocycles. The Morgan fingerprint density at radius 2 is 1.39 bits per heavy atom. The van der Waals surface area contributed by atoms with Gasteiger partial charge in [-0.05, 0) is 41.4 Å². The quantitative estimate of drug-likeness (QED) is 0.362. The lowest BCUT2D eigenvalue weighted by atomic mass is 10.0. The highest BCUT2D eigenvalue weighted by atomic mass is 127. The Hall–Kier alpha value is -0.450. The number of hydrogen-bond acceptors (Lipinski definition) is 2. The molecule has 0 aliphatic rings. The number of alkyl halides is 1. The molecule has 0 aliphatic heterocycles. The van der Waals surface area contributed by atoms with E-state index in [-0.39, 0.29) is 0 Å². The van der Waals surface area contributed by atoms with E-state index in [4.69, 9.17) is 9.47 Å². The Morgan fingerprint density at radius 3 is 1.94 bits per heavy atom. The summed E-state index contributed by atoms with van der Waals surface area (Å²) in [6.45, 7) is 0. The third-order valence-electron chi connectivity index (χ3n) is 3.01. The number of aryl methyl sites for hydroxylation is 1. The Kier molecular flexibility index (Phi) is 8.22. The zero-order valence-corrected chi connectivity index (χ0v) is 13.5. The predicted octanol–water partition coefficient (Wildman–Crippen LogP) is 4.63. The number of rotatable bonds is 9. The van der Waals surface area contributed by atoms with Crippen LogP contribution in [0.3, 0.4) is 0 Å². The van der Waals surface area contributed by atoms with E-state index in [1.807, 2.05) is 6.07 Å². The summed E-state index contributed by atoms with van der Waals surface area (Å²) in [5.74, 6) is 1.77. The van der Waals surface area contributed by atoms with Crippen LogP contribution in [-0.4, -0.2) is 18.6 Å². The molecule has 0 aliphatic carbocycles. The fourth-order valence-electron chi connectivity index (χ4n) is 1.96. The van der Waals surface area contributed by atoms with Gasteiger partial charge in [0.15, 0.2) is 0 Å². The highest BCUT2D eigenvalue weighted by Gasteiger charge is 2.01. The van der Waals surface area contributed by atoms with Gasteiger partial charge >= 0.3 is 0 Å². The molecule has 0 unspecified atom stereocenters. The monoisotopic (exact) mass is 362 g/mol. The third kappa shape index (κ3) is 5.94. The molecule has 0 radical (unpaired) electrons. The summed E-state index contributed by atoms with van der Waals surface area (Å²) in [6.07, 6.45) is 7.74. The summed E-state index contributed by atoms with van der Waals surface area (Å²) < 4.78 is 11.8. The summed E-state index contributed by atoms with van der Waals surface area (Å²) in [6, 6.07) is 6.13. The van der Waals surface area contributed by atoms with Crippen LogP contribution in [0.15, 0.2) is 18.2 Å². The van der Waals surface area contributed by atoms with Crippen molar-refractivity contribution in [3.8, 4) is 11.5 Å². The van der Waals surface area contributed by atoms with Crippen molar-refractivity contribution in [3.63, 3.8) is 0 Å². The Labute approximate surface area is 124 Å². The van der Waals surface area contributed by atoms with Gasteiger partial charge in [-0.2, -0.15) is 0 Å². The number of halogens is 1. The van der Waals surface area contributed by atoms with E-state index in [2.05, 4.69) is 34.7 Å². The van der Waals surface area contributed by atoms with Gasteiger partial charge in [-0.15, -0.1) is 0 Å². The van der Waals surface area contributed by atoms with E-state index in [0.29, 0.717) is 0 Å². The van der Waals surface area contributed by atoms with Crippen LogP contribution < -0.4 is 9.47 Å². The minimum atomic E-state index is 0.884. The number of benzene rings is 1. The van der Waals surface area contributed by atoms with Crippen molar-refractivity contribution >= 4 is 22.6 Å². The van der Waals surface area contributed by atoms with E-state index >= 15 is 0 Å². The first-order valence-electron chi connectivity index (χ1n) is 6.58. The molecule has 18 heavy (non-hydrogen) atoms. The fraction of sp³-hybridized carbons (Fsp3) is 0.600. The summed E-state index contributed by atoms with van der Waals surface area (Å²) in [7, 11) is 3.39. The van der Waals surface area contributed by atoms with Crippen LogP contribution in [0.1, 0.15) is 37.7 Å². The normalized spacial score (nSPS) is 10.4. The highest BCUT2D eigenvalue weighted by molar-refractivity contribution is 14.1. The van der Waals surface area contributed by atoms with Crippen molar-refractivity contribution in [1.29, 1.82) is 0 Å². The van der Waals surface area contributed by atoms with Gasteiger partial charge in [0.1, 0.15) is 11.5 Å². The van der Waals surface area contributed by atoms with Crippen LogP contribution in [-0.2, 0) is 6.42 Å². The number of unbranched alkanes of at least 4 members (excludes halogenated alkanes) is 4. The smallest absolute Gasteiger partial charge is 0.122 e. The van der Waals surface area contributed by atoms with Crippen LogP contribution in [0.25, 0.3) is 0 Å². The summed E-state index contributed by atoms with van der Waals surface area (Å²) >= 11 is 2.45. The first-order chi connectivity index (χ1) is 8.80. The van der Waals surface area contributed by atoms with Gasteiger partial charge in [-0.25, -0.2) is 0 Å². The molecule has 0 N–H and O–H groups in total. The van der Waals surface area contributed by atoms with Crippen molar-refractivity contribution < 1.29 is 9.47 Å². The summed E-state index contributed by atoms with van der Waals surface area (Å²) in [4.78, 5) is 0. The molecule has 0 saturated carbocycles. The van der Waals surface area contributed by atoms with Crippen molar-refractivity contribution in [2.24, 2.45) is 0 Å². The molecule has 3 heteroatoms. The van der Waals surface area contributed by atoms with Crippen molar-refractivity contribution in [1.82, 2.24) is 0 Å². The van der Waals surface area contributed by atoms with Crippen molar-refractivity contribution in [3.05, 3.63) is 23.8 Å². The molecule has 0 amide bonds. The largest absolute Gasteiger partial charge is 0.497 e. The topological polar surface area (TPSA) is 18.5 Å². The lowest BCUT2D eigenvalue weighted by Gasteiger charge is -2.08. The molecule has 0 atom stereocenters. The molecule has 2 nitrogen and oxygen atoms in total. The number of hydrogen-bond donors (Lipinski definition) is 0. The molecule has 1 aromatic rings. The first-order valence-corrected chi connectivity index (χ1v) is 8.10. The second-order valence-corrected chi connectivity index (χ2v) is 5.51. The van der Waals surface area contributed by atoms with E-state index in [1.54, 1.807) is 14.2 Å². The minimum absolute atomic E-state index is 0.884. The van der Waals surface area contributed by atoms with Crippen LogP contribution in [0.5, 0.6) is 11.5 Å². The minimum Gasteiger partial charge on any atom is -0.497 e. The van der Waals surface area contributed by atoms with E-state index < -0.39 is 0 Å². The molecule has 0 aromatic heterocycles. The lowest BCUT2D eigenvalue weighted by molar-refractivity contribution is 0.393. The zero-order valence-electron chi connectivity index (χ0n) is 11.4. The van der Waals surface area contributed by atoms with Crippen LogP contribution in [0.4, 0.5) is 0 Å². The average molecular weight is 362 g/mol. The van der Waals surface area contributed by atoms with Gasteiger partial charge in [0.25, 0.3) is 0 Å². The lowest BCUT2D eigenvalue weighted by Crippen LogP contribution is -1.92. The predicted molar refractivity (Wildman–Crippen MR) is 85.2 cm³/mol.